The van der Waals surface area contributed by atoms with Gasteiger partial charge in [0.2, 0.25) is 0 Å². The molecule has 1 unspecified atom stereocenters. The number of hydrogen-bond acceptors (Lipinski definition) is 2. The van der Waals surface area contributed by atoms with Crippen molar-refractivity contribution in [2.75, 3.05) is 0 Å². The van der Waals surface area contributed by atoms with Gasteiger partial charge in [-0.25, -0.2) is 10.4 Å². The fraction of sp³-hybridized carbons (Fsp3) is 1.00. The lowest BCUT2D eigenvalue weighted by molar-refractivity contribution is 0.0388. The minimum Gasteiger partial charge on any atom is -0.232 e. The lowest BCUT2D eigenvalue weighted by atomic mass is 9.68. The third kappa shape index (κ3) is 1.31. The molecule has 1 saturated heterocycles. The number of nitrogens with one attached hydrogen (secondary N) is 1. The maximum absolute atomic E-state index is 3.83. The Hall–Kier alpha value is -0.0800. The van der Waals surface area contributed by atoms with E-state index in [1.807, 2.05) is 0 Å². The van der Waals surface area contributed by atoms with Crippen LogP contribution in [0.2, 0.25) is 0 Å². The molecule has 0 aromatic heterocycles. The summed E-state index contributed by atoms with van der Waals surface area (Å²) in [5.74, 6) is 0.968. The Bertz CT molecular complexity index is 365. The predicted octanol–water partition coefficient (Wildman–Crippen LogP) is 3.68. The van der Waals surface area contributed by atoms with Crippen molar-refractivity contribution in [3.8, 4) is 0 Å². The summed E-state index contributed by atoms with van der Waals surface area (Å²) in [7, 11) is 0. The highest BCUT2D eigenvalue weighted by molar-refractivity contribution is 5.18. The molecule has 4 aliphatic rings. The van der Waals surface area contributed by atoms with Crippen LogP contribution in [0.3, 0.4) is 0 Å². The largest absolute Gasteiger partial charge is 0.232 e. The van der Waals surface area contributed by atoms with Gasteiger partial charge in [-0.2, -0.15) is 0 Å². The maximum atomic E-state index is 3.83. The minimum absolute atomic E-state index is 0.424. The summed E-state index contributed by atoms with van der Waals surface area (Å²) in [6.45, 7) is 7.62. The molecule has 2 heteroatoms. The Balaban J connectivity index is 1.62. The van der Waals surface area contributed by atoms with Crippen LogP contribution in [0.5, 0.6) is 0 Å². The summed E-state index contributed by atoms with van der Waals surface area (Å²) in [5.41, 5.74) is 5.35. The van der Waals surface area contributed by atoms with Crippen LogP contribution in [0.4, 0.5) is 0 Å². The molecule has 1 spiro atoms. The average molecular weight is 248 g/mol. The zero-order chi connectivity index (χ0) is 12.6. The van der Waals surface area contributed by atoms with Crippen LogP contribution in [-0.2, 0) is 0 Å². The van der Waals surface area contributed by atoms with Gasteiger partial charge in [0.1, 0.15) is 0 Å². The molecule has 0 amide bonds. The third-order valence-corrected chi connectivity index (χ3v) is 6.87. The quantitative estimate of drug-likeness (QED) is 0.716. The lowest BCUT2D eigenvalue weighted by Gasteiger charge is -2.44. The van der Waals surface area contributed by atoms with Crippen LogP contribution in [0.1, 0.15) is 72.1 Å². The van der Waals surface area contributed by atoms with Gasteiger partial charge in [-0.05, 0) is 48.9 Å². The van der Waals surface area contributed by atoms with E-state index < -0.39 is 0 Å². The highest BCUT2D eigenvalue weighted by atomic mass is 15.8. The van der Waals surface area contributed by atoms with Crippen molar-refractivity contribution in [3.63, 3.8) is 0 Å². The molecule has 3 aliphatic carbocycles. The van der Waals surface area contributed by atoms with Crippen LogP contribution in [-0.4, -0.2) is 16.7 Å². The van der Waals surface area contributed by atoms with Crippen LogP contribution in [0.15, 0.2) is 0 Å². The molecule has 0 aromatic carbocycles. The van der Waals surface area contributed by atoms with Gasteiger partial charge in [-0.3, -0.25) is 0 Å². The van der Waals surface area contributed by atoms with Crippen LogP contribution in [0.25, 0.3) is 0 Å². The highest BCUT2D eigenvalue weighted by Gasteiger charge is 2.68. The van der Waals surface area contributed by atoms with Crippen molar-refractivity contribution < 1.29 is 0 Å². The zero-order valence-electron chi connectivity index (χ0n) is 12.3. The first-order valence-corrected chi connectivity index (χ1v) is 8.05. The second-order valence-corrected chi connectivity index (χ2v) is 8.39. The molecule has 4 rings (SSSR count). The molecule has 4 atom stereocenters. The molecule has 1 N–H and O–H groups in total. The molecular formula is C16H28N2. The van der Waals surface area contributed by atoms with Gasteiger partial charge in [0.05, 0.1) is 5.66 Å². The van der Waals surface area contributed by atoms with E-state index in [1.54, 1.807) is 0 Å². The second kappa shape index (κ2) is 3.32. The molecular weight excluding hydrogens is 220 g/mol. The molecule has 2 nitrogen and oxygen atoms in total. The standard InChI is InChI=1S/C16H28N2/c1-14(2)12-7-10-15(3,11-12)13(14)18-16(17-18)8-5-4-6-9-16/h12-13,17H,4-11H2,1-3H3/t12-,13+,15+,18?/m0/s1. The van der Waals surface area contributed by atoms with E-state index in [0.29, 0.717) is 16.5 Å². The Morgan fingerprint density at radius 1 is 1.00 bits per heavy atom. The summed E-state index contributed by atoms with van der Waals surface area (Å²) in [6.07, 6.45) is 11.5. The minimum atomic E-state index is 0.424. The normalized spacial score (nSPS) is 51.8. The van der Waals surface area contributed by atoms with Crippen LogP contribution in [0, 0.1) is 16.7 Å². The van der Waals surface area contributed by atoms with Crippen molar-refractivity contribution in [3.05, 3.63) is 0 Å². The number of hydrogen-bond donors (Lipinski definition) is 1. The highest BCUT2D eigenvalue weighted by Crippen LogP contribution is 2.66. The smallest absolute Gasteiger partial charge is 0.0977 e. The fourth-order valence-corrected chi connectivity index (χ4v) is 5.92. The SMILES string of the molecule is CC1(C)[C@H]2CC[C@](C)(C2)[C@@H]1N1NC12CCCCC2. The Morgan fingerprint density at radius 3 is 2.33 bits per heavy atom. The first kappa shape index (κ1) is 11.7. The third-order valence-electron chi connectivity index (χ3n) is 6.87. The zero-order valence-corrected chi connectivity index (χ0v) is 12.3. The summed E-state index contributed by atoms with van der Waals surface area (Å²) in [6, 6.07) is 0.779. The Labute approximate surface area is 111 Å². The summed E-state index contributed by atoms with van der Waals surface area (Å²) >= 11 is 0. The Morgan fingerprint density at radius 2 is 1.72 bits per heavy atom. The van der Waals surface area contributed by atoms with E-state index in [-0.39, 0.29) is 0 Å². The van der Waals surface area contributed by atoms with Gasteiger partial charge in [-0.15, -0.1) is 0 Å². The number of nitrogens with zero attached hydrogens (tertiary/aromatic N) is 1. The fourth-order valence-electron chi connectivity index (χ4n) is 5.92. The molecule has 1 aliphatic heterocycles. The number of hydrazine groups is 1. The van der Waals surface area contributed by atoms with Crippen molar-refractivity contribution in [2.24, 2.45) is 16.7 Å². The first-order chi connectivity index (χ1) is 8.48. The average Bonchev–Trinajstić information content (AvgIpc) is 2.73. The Kier molecular flexibility index (Phi) is 2.16. The van der Waals surface area contributed by atoms with E-state index >= 15 is 0 Å². The van der Waals surface area contributed by atoms with E-state index in [9.17, 15) is 0 Å². The van der Waals surface area contributed by atoms with Crippen molar-refractivity contribution in [2.45, 2.75) is 83.8 Å². The van der Waals surface area contributed by atoms with Gasteiger partial charge in [0, 0.05) is 6.04 Å². The van der Waals surface area contributed by atoms with Crippen LogP contribution < -0.4 is 5.43 Å². The number of fused-ring (bicyclic) bond motifs is 2. The molecule has 1 heterocycles. The number of rotatable bonds is 1. The van der Waals surface area contributed by atoms with Crippen molar-refractivity contribution in [1.82, 2.24) is 10.4 Å². The molecule has 3 saturated carbocycles. The molecule has 18 heavy (non-hydrogen) atoms. The van der Waals surface area contributed by atoms with E-state index in [0.717, 1.165) is 12.0 Å². The van der Waals surface area contributed by atoms with Crippen molar-refractivity contribution >= 4 is 0 Å². The molecule has 102 valence electrons. The van der Waals surface area contributed by atoms with E-state index in [4.69, 9.17) is 0 Å². The van der Waals surface area contributed by atoms with Crippen LogP contribution >= 0.6 is 0 Å². The van der Waals surface area contributed by atoms with Gasteiger partial charge in [-0.1, -0.05) is 40.0 Å². The molecule has 2 bridgehead atoms. The summed E-state index contributed by atoms with van der Waals surface area (Å²) in [4.78, 5) is 0. The van der Waals surface area contributed by atoms with Crippen molar-refractivity contribution in [1.29, 1.82) is 0 Å². The van der Waals surface area contributed by atoms with Gasteiger partial charge >= 0.3 is 0 Å². The first-order valence-electron chi connectivity index (χ1n) is 8.05. The summed E-state index contributed by atoms with van der Waals surface area (Å²) in [5, 5.41) is 2.71. The predicted molar refractivity (Wildman–Crippen MR) is 73.8 cm³/mol. The van der Waals surface area contributed by atoms with Gasteiger partial charge < -0.3 is 0 Å². The topological polar surface area (TPSA) is 25.0 Å². The lowest BCUT2D eigenvalue weighted by Crippen LogP contribution is -2.48. The van der Waals surface area contributed by atoms with E-state index in [2.05, 4.69) is 31.2 Å². The second-order valence-electron chi connectivity index (χ2n) is 8.39. The monoisotopic (exact) mass is 248 g/mol. The molecule has 4 fully saturated rings. The van der Waals surface area contributed by atoms with E-state index in [1.165, 1.54) is 51.4 Å². The van der Waals surface area contributed by atoms with Gasteiger partial charge in [0.15, 0.2) is 0 Å². The van der Waals surface area contributed by atoms with Gasteiger partial charge in [0.25, 0.3) is 0 Å². The maximum Gasteiger partial charge on any atom is 0.0977 e. The molecule has 0 aromatic rings. The molecule has 0 radical (unpaired) electrons. The summed E-state index contributed by atoms with van der Waals surface area (Å²) < 4.78 is 0.